The van der Waals surface area contributed by atoms with Crippen LogP contribution in [-0.4, -0.2) is 114 Å². The Balaban J connectivity index is 1.07. The number of carbonyl (C=O) groups excluding carboxylic acids is 2. The minimum Gasteiger partial charge on any atom is -0.469 e. The van der Waals surface area contributed by atoms with Gasteiger partial charge in [-0.3, -0.25) is 9.59 Å². The van der Waals surface area contributed by atoms with Gasteiger partial charge in [0.05, 0.1) is 12.0 Å². The number of hydrogen-bond donors (Lipinski definition) is 0. The maximum atomic E-state index is 14.9. The number of likely N-dealkylation sites (N-methyl/N-ethyl adjacent to an activating group) is 1. The molecule has 3 heterocycles. The predicted molar refractivity (Wildman–Crippen MR) is 193 cm³/mol. The van der Waals surface area contributed by atoms with Crippen LogP contribution < -0.4 is 4.90 Å². The van der Waals surface area contributed by atoms with Crippen molar-refractivity contribution in [2.75, 3.05) is 78.5 Å². The van der Waals surface area contributed by atoms with Crippen LogP contribution in [0.2, 0.25) is 0 Å². The Morgan fingerprint density at radius 3 is 2.34 bits per heavy atom. The monoisotopic (exact) mass is 708 g/mol. The lowest BCUT2D eigenvalue weighted by Crippen LogP contribution is -2.56. The molecular formula is C39H53FN4O5S. The van der Waals surface area contributed by atoms with E-state index in [9.17, 15) is 22.4 Å². The Morgan fingerprint density at radius 2 is 1.72 bits per heavy atom. The van der Waals surface area contributed by atoms with Crippen molar-refractivity contribution in [1.29, 1.82) is 0 Å². The van der Waals surface area contributed by atoms with Crippen molar-refractivity contribution in [2.24, 2.45) is 23.7 Å². The van der Waals surface area contributed by atoms with Crippen molar-refractivity contribution in [3.63, 3.8) is 0 Å². The molecule has 0 unspecified atom stereocenters. The summed E-state index contributed by atoms with van der Waals surface area (Å²) in [5.41, 5.74) is 1.83. The zero-order chi connectivity index (χ0) is 35.6. The molecule has 6 rings (SSSR count). The fraction of sp³-hybridized carbons (Fsp3) is 0.590. The van der Waals surface area contributed by atoms with Gasteiger partial charge >= 0.3 is 5.97 Å². The molecule has 272 valence electrons. The van der Waals surface area contributed by atoms with Gasteiger partial charge in [0, 0.05) is 62.7 Å². The lowest BCUT2D eigenvalue weighted by Gasteiger charge is -2.52. The van der Waals surface area contributed by atoms with Gasteiger partial charge in [0.2, 0.25) is 5.91 Å². The predicted octanol–water partition coefficient (Wildman–Crippen LogP) is 4.62. The number of likely N-dealkylation sites (tertiary alicyclic amines) is 2. The summed E-state index contributed by atoms with van der Waals surface area (Å²) >= 11 is 0. The third-order valence-electron chi connectivity index (χ3n) is 12.0. The van der Waals surface area contributed by atoms with Gasteiger partial charge in [-0.25, -0.2) is 12.8 Å². The number of rotatable bonds is 13. The van der Waals surface area contributed by atoms with Crippen molar-refractivity contribution in [1.82, 2.24) is 14.7 Å². The summed E-state index contributed by atoms with van der Waals surface area (Å²) in [6.07, 6.45) is 6.79. The maximum absolute atomic E-state index is 14.9. The number of nitrogens with zero attached hydrogens (tertiary/aromatic N) is 4. The van der Waals surface area contributed by atoms with Gasteiger partial charge in [0.25, 0.3) is 0 Å². The van der Waals surface area contributed by atoms with E-state index in [0.29, 0.717) is 23.2 Å². The van der Waals surface area contributed by atoms with Gasteiger partial charge in [0.15, 0.2) is 9.84 Å². The van der Waals surface area contributed by atoms with Crippen LogP contribution in [0.25, 0.3) is 0 Å². The van der Waals surface area contributed by atoms with E-state index >= 15 is 0 Å². The minimum atomic E-state index is -3.49. The number of benzene rings is 2. The molecule has 0 N–H and O–H groups in total. The molecule has 1 amide bonds. The van der Waals surface area contributed by atoms with E-state index in [0.717, 1.165) is 82.6 Å². The summed E-state index contributed by atoms with van der Waals surface area (Å²) in [7, 11) is 2.19. The largest absolute Gasteiger partial charge is 0.469 e. The number of amides is 1. The molecule has 9 nitrogen and oxygen atoms in total. The highest BCUT2D eigenvalue weighted by atomic mass is 32.2. The van der Waals surface area contributed by atoms with Gasteiger partial charge in [-0.15, -0.1) is 0 Å². The normalized spacial score (nSPS) is 23.7. The van der Waals surface area contributed by atoms with Crippen molar-refractivity contribution in [3.05, 3.63) is 72.6 Å². The van der Waals surface area contributed by atoms with Crippen molar-refractivity contribution in [2.45, 2.75) is 54.1 Å². The zero-order valence-electron chi connectivity index (χ0n) is 29.8. The van der Waals surface area contributed by atoms with E-state index < -0.39 is 15.1 Å². The summed E-state index contributed by atoms with van der Waals surface area (Å²) in [5, 5.41) is -0.573. The Bertz CT molecular complexity index is 1630. The molecule has 50 heavy (non-hydrogen) atoms. The number of anilines is 1. The van der Waals surface area contributed by atoms with E-state index in [2.05, 4.69) is 41.4 Å². The lowest BCUT2D eigenvalue weighted by molar-refractivity contribution is -0.142. The molecule has 3 aliphatic heterocycles. The molecule has 1 aliphatic carbocycles. The number of sulfone groups is 1. The molecule has 4 fully saturated rings. The Kier molecular flexibility index (Phi) is 11.1. The molecule has 0 spiro atoms. The molecule has 3 saturated heterocycles. The standard InChI is InChI=1S/C39H53FN4O5S/c1-5-37(45)44-25-35(26-44)50(47,48)34-14-12-33(13-15-34)43-23-28(24-43)22-42-18-16-30(17-19-42)39(27-41(2)3,31-9-7-10-32(40)21-31)36-11-6-8-29(36)20-38(46)49-4/h5,7,9-10,12-15,21,28-30,35-36H,1,6,8,11,16-20,22-27H2,2-4H3/t29-,36+,39+/m1/s1. The number of methoxy groups -OCH3 is 1. The van der Waals surface area contributed by atoms with Crippen molar-refractivity contribution >= 4 is 27.4 Å². The number of halogens is 1. The zero-order valence-corrected chi connectivity index (χ0v) is 30.6. The second kappa shape index (κ2) is 15.1. The minimum absolute atomic E-state index is 0.159. The fourth-order valence-electron chi connectivity index (χ4n) is 9.52. The quantitative estimate of drug-likeness (QED) is 0.220. The van der Waals surface area contributed by atoms with Crippen LogP contribution >= 0.6 is 0 Å². The van der Waals surface area contributed by atoms with Gasteiger partial charge in [-0.2, -0.15) is 0 Å². The van der Waals surface area contributed by atoms with Gasteiger partial charge < -0.3 is 24.3 Å². The summed E-state index contributed by atoms with van der Waals surface area (Å²) in [5.74, 6) is 0.789. The molecule has 0 bridgehead atoms. The molecule has 2 aromatic carbocycles. The van der Waals surface area contributed by atoms with E-state index in [1.165, 1.54) is 24.2 Å². The van der Waals surface area contributed by atoms with Gasteiger partial charge in [-0.1, -0.05) is 25.1 Å². The number of esters is 1. The maximum Gasteiger partial charge on any atom is 0.305 e. The fourth-order valence-corrected chi connectivity index (χ4v) is 11.2. The number of ether oxygens (including phenoxy) is 1. The molecule has 0 aromatic heterocycles. The number of piperidine rings is 1. The smallest absolute Gasteiger partial charge is 0.305 e. The third-order valence-corrected chi connectivity index (χ3v) is 14.1. The van der Waals surface area contributed by atoms with Crippen LogP contribution in [0.5, 0.6) is 0 Å². The van der Waals surface area contributed by atoms with Crippen LogP contribution in [0.1, 0.15) is 44.1 Å². The number of carbonyl (C=O) groups is 2. The molecule has 1 saturated carbocycles. The average Bonchev–Trinajstić information content (AvgIpc) is 3.52. The van der Waals surface area contributed by atoms with E-state index in [1.807, 2.05) is 18.2 Å². The van der Waals surface area contributed by atoms with Gasteiger partial charge in [0.1, 0.15) is 11.1 Å². The Morgan fingerprint density at radius 1 is 1.02 bits per heavy atom. The molecule has 2 aromatic rings. The van der Waals surface area contributed by atoms with Crippen LogP contribution in [0, 0.1) is 29.5 Å². The topological polar surface area (TPSA) is 90.5 Å². The van der Waals surface area contributed by atoms with E-state index in [-0.39, 0.29) is 48.0 Å². The van der Waals surface area contributed by atoms with Gasteiger partial charge in [-0.05, 0) is 119 Å². The molecule has 3 atom stereocenters. The van der Waals surface area contributed by atoms with E-state index in [4.69, 9.17) is 4.74 Å². The third kappa shape index (κ3) is 7.37. The lowest BCUT2D eigenvalue weighted by atomic mass is 9.56. The van der Waals surface area contributed by atoms with Crippen LogP contribution in [0.4, 0.5) is 10.1 Å². The van der Waals surface area contributed by atoms with Crippen LogP contribution in [0.3, 0.4) is 0 Å². The second-order valence-corrected chi connectivity index (χ2v) is 17.5. The molecular weight excluding hydrogens is 656 g/mol. The first-order chi connectivity index (χ1) is 23.9. The highest BCUT2D eigenvalue weighted by Gasteiger charge is 2.52. The van der Waals surface area contributed by atoms with Crippen molar-refractivity contribution in [3.8, 4) is 0 Å². The Hall–Kier alpha value is -3.28. The molecule has 4 aliphatic rings. The highest BCUT2D eigenvalue weighted by molar-refractivity contribution is 7.92. The second-order valence-electron chi connectivity index (χ2n) is 15.3. The first kappa shape index (κ1) is 36.5. The molecule has 0 radical (unpaired) electrons. The highest BCUT2D eigenvalue weighted by Crippen LogP contribution is 2.54. The number of hydrogen-bond acceptors (Lipinski definition) is 8. The first-order valence-corrected chi connectivity index (χ1v) is 19.7. The van der Waals surface area contributed by atoms with Crippen molar-refractivity contribution < 1.29 is 27.1 Å². The summed E-state index contributed by atoms with van der Waals surface area (Å²) in [6, 6.07) is 14.4. The summed E-state index contributed by atoms with van der Waals surface area (Å²) < 4.78 is 46.1. The summed E-state index contributed by atoms with van der Waals surface area (Å²) in [4.78, 5) is 33.2. The van der Waals surface area contributed by atoms with Crippen LogP contribution in [0.15, 0.2) is 66.1 Å². The summed E-state index contributed by atoms with van der Waals surface area (Å²) in [6.45, 7) is 9.56. The first-order valence-electron chi connectivity index (χ1n) is 18.1. The SMILES string of the molecule is C=CC(=O)N1CC(S(=O)(=O)c2ccc(N3CC(CN4CCC([C@@](CN(C)C)(c5cccc(F)c5)[C@H]5CCC[C@@H]5CC(=O)OC)CC4)C3)cc2)C1. The molecule has 11 heteroatoms. The Labute approximate surface area is 297 Å². The van der Waals surface area contributed by atoms with Crippen LogP contribution in [-0.2, 0) is 29.6 Å². The average molecular weight is 709 g/mol. The van der Waals surface area contributed by atoms with E-state index in [1.54, 1.807) is 18.2 Å².